The summed E-state index contributed by atoms with van der Waals surface area (Å²) >= 11 is 6.67. The van der Waals surface area contributed by atoms with E-state index in [0.717, 1.165) is 16.8 Å². The van der Waals surface area contributed by atoms with E-state index in [1.165, 1.54) is 9.88 Å². The van der Waals surface area contributed by atoms with Crippen LogP contribution in [0.2, 0.25) is 0 Å². The van der Waals surface area contributed by atoms with Gasteiger partial charge < -0.3 is 4.98 Å². The molecule has 0 radical (unpaired) electrons. The van der Waals surface area contributed by atoms with Crippen molar-refractivity contribution >= 4 is 35.7 Å². The van der Waals surface area contributed by atoms with Crippen LogP contribution in [0.1, 0.15) is 12.8 Å². The normalized spacial score (nSPS) is 15.2. The fourth-order valence-electron chi connectivity index (χ4n) is 1.10. The van der Waals surface area contributed by atoms with Crippen molar-refractivity contribution in [1.29, 1.82) is 0 Å². The van der Waals surface area contributed by atoms with Crippen molar-refractivity contribution in [3.63, 3.8) is 0 Å². The molecule has 1 aromatic rings. The van der Waals surface area contributed by atoms with Crippen LogP contribution in [0.25, 0.3) is 12.2 Å². The van der Waals surface area contributed by atoms with E-state index in [-0.39, 0.29) is 0 Å². The van der Waals surface area contributed by atoms with Gasteiger partial charge in [0.2, 0.25) is 0 Å². The van der Waals surface area contributed by atoms with Gasteiger partial charge in [0, 0.05) is 4.53 Å². The lowest BCUT2D eigenvalue weighted by molar-refractivity contribution is 1.10. The van der Waals surface area contributed by atoms with E-state index >= 15 is 0 Å². The molecule has 1 N–H and O–H groups in total. The van der Waals surface area contributed by atoms with E-state index in [9.17, 15) is 0 Å². The van der Waals surface area contributed by atoms with Crippen LogP contribution in [0, 0.1) is 3.95 Å². The highest BCUT2D eigenvalue weighted by Gasteiger charge is 1.93. The molecule has 1 aromatic heterocycles. The highest BCUT2D eigenvalue weighted by molar-refractivity contribution is 7.73. The van der Waals surface area contributed by atoms with Gasteiger partial charge in [-0.2, -0.15) is 0 Å². The lowest BCUT2D eigenvalue weighted by Crippen LogP contribution is -2.22. The standard InChI is InChI=1S/C7H7NS2/c9-7-8-5-3-1-2-4-6(5)10-7/h3-4H,1-2H2,(H,8,9). The fourth-order valence-corrected chi connectivity index (χ4v) is 2.28. The van der Waals surface area contributed by atoms with Crippen LogP contribution >= 0.6 is 23.6 Å². The summed E-state index contributed by atoms with van der Waals surface area (Å²) in [4.78, 5) is 3.14. The zero-order valence-electron chi connectivity index (χ0n) is 5.39. The van der Waals surface area contributed by atoms with Crippen LogP contribution in [0.5, 0.6) is 0 Å². The van der Waals surface area contributed by atoms with Crippen LogP contribution < -0.4 is 9.88 Å². The van der Waals surface area contributed by atoms with Gasteiger partial charge in [-0.05, 0) is 25.1 Å². The Morgan fingerprint density at radius 1 is 1.40 bits per heavy atom. The number of nitrogens with one attached hydrogen (secondary N) is 1. The molecule has 0 spiro atoms. The van der Waals surface area contributed by atoms with Crippen LogP contribution in [-0.2, 0) is 0 Å². The zero-order valence-corrected chi connectivity index (χ0v) is 7.02. The molecule has 52 valence electrons. The maximum atomic E-state index is 5.00. The van der Waals surface area contributed by atoms with Crippen molar-refractivity contribution in [3.05, 3.63) is 13.8 Å². The Balaban J connectivity index is 2.96. The minimum atomic E-state index is 0.888. The maximum Gasteiger partial charge on any atom is 0.159 e. The number of hydrogen-bond donors (Lipinski definition) is 1. The lowest BCUT2D eigenvalue weighted by atomic mass is 10.2. The van der Waals surface area contributed by atoms with Crippen LogP contribution in [0.15, 0.2) is 0 Å². The summed E-state index contributed by atoms with van der Waals surface area (Å²) in [6, 6.07) is 0. The van der Waals surface area contributed by atoms with Crippen molar-refractivity contribution in [2.45, 2.75) is 12.8 Å². The number of rotatable bonds is 0. The zero-order chi connectivity index (χ0) is 6.97. The predicted molar refractivity (Wildman–Crippen MR) is 46.9 cm³/mol. The van der Waals surface area contributed by atoms with Gasteiger partial charge in [-0.25, -0.2) is 0 Å². The summed E-state index contributed by atoms with van der Waals surface area (Å²) in [6.45, 7) is 0. The van der Waals surface area contributed by atoms with Gasteiger partial charge in [-0.3, -0.25) is 0 Å². The third-order valence-electron chi connectivity index (χ3n) is 1.55. The summed E-state index contributed by atoms with van der Waals surface area (Å²) in [6.07, 6.45) is 6.76. The van der Waals surface area contributed by atoms with Crippen molar-refractivity contribution < 1.29 is 0 Å². The molecule has 1 aliphatic rings. The van der Waals surface area contributed by atoms with Crippen molar-refractivity contribution in [2.75, 3.05) is 0 Å². The molecule has 0 bridgehead atoms. The monoisotopic (exact) mass is 169 g/mol. The van der Waals surface area contributed by atoms with Gasteiger partial charge >= 0.3 is 0 Å². The predicted octanol–water partition coefficient (Wildman–Crippen LogP) is 1.16. The molecule has 0 amide bonds. The molecule has 0 saturated carbocycles. The minimum absolute atomic E-state index is 0.888. The SMILES string of the molecule is S=c1[nH]c2c(s1)=CCCC=2. The second kappa shape index (κ2) is 2.32. The smallest absolute Gasteiger partial charge is 0.159 e. The van der Waals surface area contributed by atoms with E-state index in [1.807, 2.05) is 0 Å². The molecule has 0 unspecified atom stereocenters. The first-order valence-corrected chi connectivity index (χ1v) is 4.48. The fraction of sp³-hybridized carbons (Fsp3) is 0.286. The molecule has 0 aliphatic heterocycles. The number of hydrogen-bond acceptors (Lipinski definition) is 2. The van der Waals surface area contributed by atoms with Crippen LogP contribution in [-0.4, -0.2) is 4.98 Å². The third-order valence-corrected chi connectivity index (χ3v) is 2.80. The van der Waals surface area contributed by atoms with Crippen molar-refractivity contribution in [3.8, 4) is 0 Å². The van der Waals surface area contributed by atoms with E-state index in [1.54, 1.807) is 11.3 Å². The summed E-state index contributed by atoms with van der Waals surface area (Å²) in [5.74, 6) is 0. The minimum Gasteiger partial charge on any atom is -0.337 e. The van der Waals surface area contributed by atoms with Gasteiger partial charge in [-0.1, -0.05) is 12.2 Å². The highest BCUT2D eigenvalue weighted by atomic mass is 32.1. The first-order chi connectivity index (χ1) is 4.86. The van der Waals surface area contributed by atoms with Crippen LogP contribution in [0.3, 0.4) is 0 Å². The number of aromatic nitrogens is 1. The van der Waals surface area contributed by atoms with Gasteiger partial charge in [-0.15, -0.1) is 11.3 Å². The number of H-pyrrole nitrogens is 1. The van der Waals surface area contributed by atoms with Crippen molar-refractivity contribution in [2.24, 2.45) is 0 Å². The molecule has 10 heavy (non-hydrogen) atoms. The van der Waals surface area contributed by atoms with Gasteiger partial charge in [0.15, 0.2) is 3.95 Å². The topological polar surface area (TPSA) is 15.8 Å². The first-order valence-electron chi connectivity index (χ1n) is 3.26. The molecule has 1 heterocycles. The van der Waals surface area contributed by atoms with E-state index in [0.29, 0.717) is 0 Å². The van der Waals surface area contributed by atoms with Gasteiger partial charge in [0.05, 0.1) is 5.35 Å². The van der Waals surface area contributed by atoms with Gasteiger partial charge in [0.1, 0.15) is 0 Å². The first kappa shape index (κ1) is 6.31. The summed E-state index contributed by atoms with van der Waals surface area (Å²) in [5, 5.41) is 1.22. The largest absolute Gasteiger partial charge is 0.337 e. The molecular formula is C7H7NS2. The van der Waals surface area contributed by atoms with Crippen LogP contribution in [0.4, 0.5) is 0 Å². The Morgan fingerprint density at radius 3 is 3.00 bits per heavy atom. The second-order valence-corrected chi connectivity index (χ2v) is 4.00. The van der Waals surface area contributed by atoms with E-state index in [4.69, 9.17) is 12.2 Å². The molecule has 0 aromatic carbocycles. The molecule has 2 rings (SSSR count). The summed E-state index contributed by atoms with van der Waals surface area (Å²) in [5.41, 5.74) is 0. The lowest BCUT2D eigenvalue weighted by Gasteiger charge is -1.90. The molecule has 0 saturated heterocycles. The second-order valence-electron chi connectivity index (χ2n) is 2.28. The summed E-state index contributed by atoms with van der Waals surface area (Å²) < 4.78 is 2.20. The molecule has 3 heteroatoms. The Kier molecular flexibility index (Phi) is 1.47. The molecule has 1 aliphatic carbocycles. The quantitative estimate of drug-likeness (QED) is 0.576. The molecule has 0 fully saturated rings. The maximum absolute atomic E-state index is 5.00. The average molecular weight is 169 g/mol. The Hall–Kier alpha value is -0.410. The van der Waals surface area contributed by atoms with Crippen molar-refractivity contribution in [1.82, 2.24) is 4.98 Å². The number of aromatic amines is 1. The van der Waals surface area contributed by atoms with E-state index in [2.05, 4.69) is 17.1 Å². The Labute approximate surface area is 67.7 Å². The number of fused-ring (bicyclic) bond motifs is 1. The van der Waals surface area contributed by atoms with E-state index < -0.39 is 0 Å². The molecular weight excluding hydrogens is 162 g/mol. The number of thiazole rings is 1. The summed E-state index contributed by atoms with van der Waals surface area (Å²) in [7, 11) is 0. The molecule has 1 nitrogen and oxygen atoms in total. The molecule has 0 atom stereocenters. The third kappa shape index (κ3) is 0.954. The Bertz CT molecular complexity index is 359. The Morgan fingerprint density at radius 2 is 2.20 bits per heavy atom. The average Bonchev–Trinajstić information content (AvgIpc) is 2.27. The van der Waals surface area contributed by atoms with Gasteiger partial charge in [0.25, 0.3) is 0 Å². The highest BCUT2D eigenvalue weighted by Crippen LogP contribution is 1.96.